The van der Waals surface area contributed by atoms with Crippen molar-refractivity contribution >= 4 is 11.8 Å². The van der Waals surface area contributed by atoms with Crippen LogP contribution >= 0.6 is 0 Å². The van der Waals surface area contributed by atoms with Gasteiger partial charge in [-0.3, -0.25) is 9.59 Å². The molecule has 1 aliphatic carbocycles. The fourth-order valence-electron chi connectivity index (χ4n) is 4.50. The third-order valence-corrected chi connectivity index (χ3v) is 5.88. The van der Waals surface area contributed by atoms with Crippen LogP contribution in [0.15, 0.2) is 10.8 Å². The van der Waals surface area contributed by atoms with Crippen molar-refractivity contribution in [2.75, 3.05) is 26.2 Å². The number of likely N-dealkylation sites (tertiary alicyclic amines) is 2. The van der Waals surface area contributed by atoms with Crippen LogP contribution in [0.1, 0.15) is 75.0 Å². The minimum absolute atomic E-state index is 0.0710. The fourth-order valence-corrected chi connectivity index (χ4v) is 4.50. The number of amides is 2. The van der Waals surface area contributed by atoms with E-state index >= 15 is 0 Å². The molecule has 0 unspecified atom stereocenters. The smallest absolute Gasteiger partial charge is 0.276 e. The van der Waals surface area contributed by atoms with Gasteiger partial charge >= 0.3 is 0 Å². The van der Waals surface area contributed by atoms with Crippen LogP contribution in [0.25, 0.3) is 0 Å². The van der Waals surface area contributed by atoms with Gasteiger partial charge in [0.05, 0.1) is 5.41 Å². The minimum Gasteiger partial charge on any atom is -0.447 e. The first kappa shape index (κ1) is 17.6. The van der Waals surface area contributed by atoms with E-state index in [-0.39, 0.29) is 17.2 Å². The molecular formula is C20H29N3O3. The van der Waals surface area contributed by atoms with Crippen molar-refractivity contribution in [2.24, 2.45) is 10.8 Å². The summed E-state index contributed by atoms with van der Waals surface area (Å²) in [6.07, 6.45) is 6.17. The van der Waals surface area contributed by atoms with E-state index in [0.717, 1.165) is 51.0 Å². The Balaban J connectivity index is 1.49. The monoisotopic (exact) mass is 359 g/mol. The Kier molecular flexibility index (Phi) is 4.12. The molecule has 2 saturated heterocycles. The lowest BCUT2D eigenvalue weighted by atomic mass is 9.77. The zero-order chi connectivity index (χ0) is 18.5. The molecule has 3 heterocycles. The summed E-state index contributed by atoms with van der Waals surface area (Å²) in [5.74, 6) is 1.25. The van der Waals surface area contributed by atoms with Crippen molar-refractivity contribution in [2.45, 2.75) is 58.8 Å². The molecule has 1 atom stereocenters. The molecule has 2 amide bonds. The predicted octanol–water partition coefficient (Wildman–Crippen LogP) is 3.05. The lowest BCUT2D eigenvalue weighted by Crippen LogP contribution is -2.52. The largest absolute Gasteiger partial charge is 0.447 e. The Labute approximate surface area is 154 Å². The Morgan fingerprint density at radius 1 is 1.31 bits per heavy atom. The number of hydrogen-bond acceptors (Lipinski definition) is 4. The Bertz CT molecular complexity index is 716. The molecule has 0 bridgehead atoms. The van der Waals surface area contributed by atoms with E-state index in [1.165, 1.54) is 6.39 Å². The highest BCUT2D eigenvalue weighted by Gasteiger charge is 2.50. The second-order valence-corrected chi connectivity index (χ2v) is 9.49. The van der Waals surface area contributed by atoms with Gasteiger partial charge in [0.2, 0.25) is 5.91 Å². The van der Waals surface area contributed by atoms with Gasteiger partial charge < -0.3 is 14.2 Å². The Morgan fingerprint density at radius 2 is 2.08 bits per heavy atom. The average molecular weight is 359 g/mol. The molecule has 0 aromatic carbocycles. The quantitative estimate of drug-likeness (QED) is 0.832. The molecule has 142 valence electrons. The van der Waals surface area contributed by atoms with Gasteiger partial charge in [-0.2, -0.15) is 0 Å². The first-order valence-electron chi connectivity index (χ1n) is 9.81. The highest BCUT2D eigenvalue weighted by molar-refractivity contribution is 5.95. The number of rotatable bonds is 3. The normalized spacial score (nSPS) is 26.8. The molecule has 3 fully saturated rings. The van der Waals surface area contributed by atoms with Crippen LogP contribution in [0, 0.1) is 10.8 Å². The molecule has 1 saturated carbocycles. The highest BCUT2D eigenvalue weighted by atomic mass is 16.3. The number of carbonyl (C=O) groups excluding carboxylic acids is 2. The predicted molar refractivity (Wildman–Crippen MR) is 96.7 cm³/mol. The molecule has 26 heavy (non-hydrogen) atoms. The van der Waals surface area contributed by atoms with Crippen molar-refractivity contribution in [1.82, 2.24) is 14.8 Å². The molecule has 6 nitrogen and oxygen atoms in total. The summed E-state index contributed by atoms with van der Waals surface area (Å²) in [6.45, 7) is 9.24. The van der Waals surface area contributed by atoms with Crippen molar-refractivity contribution in [1.29, 1.82) is 0 Å². The van der Waals surface area contributed by atoms with Crippen LogP contribution < -0.4 is 0 Å². The van der Waals surface area contributed by atoms with Gasteiger partial charge in [0, 0.05) is 32.1 Å². The van der Waals surface area contributed by atoms with Gasteiger partial charge in [0.25, 0.3) is 5.91 Å². The lowest BCUT2D eigenvalue weighted by Gasteiger charge is -2.41. The molecule has 3 aliphatic rings. The topological polar surface area (TPSA) is 66.7 Å². The third-order valence-electron chi connectivity index (χ3n) is 5.88. The number of piperidine rings is 1. The molecule has 0 radical (unpaired) electrons. The fraction of sp³-hybridized carbons (Fsp3) is 0.750. The first-order valence-corrected chi connectivity index (χ1v) is 9.81. The molecular weight excluding hydrogens is 330 g/mol. The summed E-state index contributed by atoms with van der Waals surface area (Å²) in [5, 5.41) is 0. The van der Waals surface area contributed by atoms with E-state index in [4.69, 9.17) is 4.42 Å². The van der Waals surface area contributed by atoms with Gasteiger partial charge in [0.1, 0.15) is 5.76 Å². The number of aromatic nitrogens is 1. The van der Waals surface area contributed by atoms with Crippen molar-refractivity contribution in [3.8, 4) is 0 Å². The van der Waals surface area contributed by atoms with Crippen LogP contribution in [0.5, 0.6) is 0 Å². The summed E-state index contributed by atoms with van der Waals surface area (Å²) in [5.41, 5.74) is 0.143. The van der Waals surface area contributed by atoms with E-state index in [2.05, 4.69) is 25.8 Å². The molecule has 1 aromatic heterocycles. The summed E-state index contributed by atoms with van der Waals surface area (Å²) in [7, 11) is 0. The maximum absolute atomic E-state index is 13.2. The Morgan fingerprint density at radius 3 is 2.77 bits per heavy atom. The molecule has 1 spiro atoms. The van der Waals surface area contributed by atoms with Gasteiger partial charge in [0.15, 0.2) is 12.1 Å². The van der Waals surface area contributed by atoms with Gasteiger partial charge in [-0.25, -0.2) is 4.98 Å². The maximum Gasteiger partial charge on any atom is 0.276 e. The lowest BCUT2D eigenvalue weighted by molar-refractivity contribution is -0.146. The van der Waals surface area contributed by atoms with Crippen molar-refractivity contribution < 1.29 is 14.0 Å². The SMILES string of the molecule is CC(C)(C)CN1CCC[C@@]2(CCN(C(=O)c3ncoc3C3CC3)C2)C1=O. The maximum atomic E-state index is 13.2. The molecule has 4 rings (SSSR count). The van der Waals surface area contributed by atoms with E-state index in [0.29, 0.717) is 24.7 Å². The van der Waals surface area contributed by atoms with Gasteiger partial charge in [-0.15, -0.1) is 0 Å². The standard InChI is InChI=1S/C20H29N3O3/c1-19(2,3)11-23-9-4-7-20(18(23)25)8-10-22(12-20)17(24)15-16(14-5-6-14)26-13-21-15/h13-14H,4-12H2,1-3H3/t20-/m0/s1. The van der Waals surface area contributed by atoms with Crippen LogP contribution in [0.3, 0.4) is 0 Å². The van der Waals surface area contributed by atoms with Crippen LogP contribution in [0.4, 0.5) is 0 Å². The number of oxazole rings is 1. The molecule has 0 N–H and O–H groups in total. The van der Waals surface area contributed by atoms with Gasteiger partial charge in [-0.1, -0.05) is 20.8 Å². The highest BCUT2D eigenvalue weighted by Crippen LogP contribution is 2.44. The number of hydrogen-bond donors (Lipinski definition) is 0. The summed E-state index contributed by atoms with van der Waals surface area (Å²) < 4.78 is 5.47. The Hall–Kier alpha value is -1.85. The van der Waals surface area contributed by atoms with E-state index in [9.17, 15) is 9.59 Å². The summed E-state index contributed by atoms with van der Waals surface area (Å²) in [4.78, 5) is 34.2. The van der Waals surface area contributed by atoms with Crippen molar-refractivity contribution in [3.63, 3.8) is 0 Å². The van der Waals surface area contributed by atoms with E-state index < -0.39 is 5.41 Å². The summed E-state index contributed by atoms with van der Waals surface area (Å²) in [6, 6.07) is 0. The molecule has 2 aliphatic heterocycles. The average Bonchev–Trinajstić information content (AvgIpc) is 3.14. The molecule has 6 heteroatoms. The van der Waals surface area contributed by atoms with E-state index in [1.807, 2.05) is 9.80 Å². The third kappa shape index (κ3) is 3.14. The van der Waals surface area contributed by atoms with Crippen LogP contribution in [0.2, 0.25) is 0 Å². The minimum atomic E-state index is -0.400. The first-order chi connectivity index (χ1) is 12.3. The number of carbonyl (C=O) groups is 2. The molecule has 1 aromatic rings. The summed E-state index contributed by atoms with van der Waals surface area (Å²) >= 11 is 0. The zero-order valence-electron chi connectivity index (χ0n) is 16.1. The van der Waals surface area contributed by atoms with Crippen LogP contribution in [-0.4, -0.2) is 52.8 Å². The van der Waals surface area contributed by atoms with E-state index in [1.54, 1.807) is 0 Å². The van der Waals surface area contributed by atoms with Gasteiger partial charge in [-0.05, 0) is 37.5 Å². The second-order valence-electron chi connectivity index (χ2n) is 9.49. The van der Waals surface area contributed by atoms with Crippen molar-refractivity contribution in [3.05, 3.63) is 17.8 Å². The number of nitrogens with zero attached hydrogens (tertiary/aromatic N) is 3. The second kappa shape index (κ2) is 6.10. The van der Waals surface area contributed by atoms with Crippen LogP contribution in [-0.2, 0) is 4.79 Å². The zero-order valence-corrected chi connectivity index (χ0v) is 16.1.